The standard InChI is InChI=1S/C18H20N6O5.C7H8O3S/c25-8-12-6-19-7-14(29-12)24-10-20-15-16(24)22-18(23-17(15)27)21-13(26)9-28-11-4-2-1-3-5-11;1-6-2-4-7(5-3-6)11(8,9)10/h1-5,10,12,14,19,25H,6-9H2,(H2,21,22,23,26,27);2-5H,1H3,(H,8,9,10)/t12-,14+;/m0./s1. The minimum absolute atomic E-state index is 0.0200. The molecular formula is C25H28N6O8S. The van der Waals surface area contributed by atoms with Crippen molar-refractivity contribution in [3.05, 3.63) is 76.8 Å². The Hall–Kier alpha value is -4.15. The van der Waals surface area contributed by atoms with Crippen LogP contribution in [0.25, 0.3) is 11.2 Å². The highest BCUT2D eigenvalue weighted by Gasteiger charge is 2.25. The van der Waals surface area contributed by atoms with Crippen molar-refractivity contribution in [3.63, 3.8) is 0 Å². The van der Waals surface area contributed by atoms with Crippen molar-refractivity contribution in [2.45, 2.75) is 24.2 Å². The number of aliphatic hydroxyl groups excluding tert-OH is 1. The third-order valence-electron chi connectivity index (χ3n) is 5.68. The van der Waals surface area contributed by atoms with Crippen LogP contribution < -0.4 is 20.9 Å². The van der Waals surface area contributed by atoms with Crippen LogP contribution >= 0.6 is 0 Å². The first-order valence-electron chi connectivity index (χ1n) is 12.1. The largest absolute Gasteiger partial charge is 0.484 e. The number of aromatic nitrogens is 4. The van der Waals surface area contributed by atoms with Crippen molar-refractivity contribution in [1.29, 1.82) is 0 Å². The lowest BCUT2D eigenvalue weighted by atomic mass is 10.2. The summed E-state index contributed by atoms with van der Waals surface area (Å²) in [5, 5.41) is 15.0. The van der Waals surface area contributed by atoms with E-state index in [1.807, 2.05) is 13.0 Å². The summed E-state index contributed by atoms with van der Waals surface area (Å²) in [6, 6.07) is 14.9. The smallest absolute Gasteiger partial charge is 0.294 e. The van der Waals surface area contributed by atoms with E-state index in [4.69, 9.17) is 14.0 Å². The van der Waals surface area contributed by atoms with Gasteiger partial charge in [-0.2, -0.15) is 13.4 Å². The normalized spacial score (nSPS) is 17.1. The molecule has 3 heterocycles. The number of H-pyrrole nitrogens is 1. The zero-order chi connectivity index (χ0) is 28.7. The van der Waals surface area contributed by atoms with Crippen LogP contribution in [0.3, 0.4) is 0 Å². The quantitative estimate of drug-likeness (QED) is 0.197. The summed E-state index contributed by atoms with van der Waals surface area (Å²) >= 11 is 0. The first-order chi connectivity index (χ1) is 19.1. The number of aryl methyl sites for hydroxylation is 1. The van der Waals surface area contributed by atoms with Gasteiger partial charge in [0.1, 0.15) is 12.0 Å². The number of fused-ring (bicyclic) bond motifs is 1. The minimum Gasteiger partial charge on any atom is -0.484 e. The van der Waals surface area contributed by atoms with Crippen LogP contribution in [-0.4, -0.2) is 75.9 Å². The van der Waals surface area contributed by atoms with E-state index < -0.39 is 27.8 Å². The van der Waals surface area contributed by atoms with Crippen molar-refractivity contribution in [2.24, 2.45) is 0 Å². The summed E-state index contributed by atoms with van der Waals surface area (Å²) in [7, 11) is -4.02. The predicted molar refractivity (Wildman–Crippen MR) is 144 cm³/mol. The SMILES string of the molecule is Cc1ccc(S(=O)(=O)O)cc1.O=C(COc1ccccc1)Nc1nc2c(ncn2[C@H]2CNC[C@@H](CO)O2)c(=O)[nH]1. The van der Waals surface area contributed by atoms with E-state index >= 15 is 0 Å². The van der Waals surface area contributed by atoms with Crippen LogP contribution in [0.4, 0.5) is 5.95 Å². The number of aromatic amines is 1. The predicted octanol–water partition coefficient (Wildman–Crippen LogP) is 0.858. The van der Waals surface area contributed by atoms with Crippen LogP contribution in [0, 0.1) is 6.92 Å². The lowest BCUT2D eigenvalue weighted by molar-refractivity contribution is -0.118. The van der Waals surface area contributed by atoms with Gasteiger partial charge in [0, 0.05) is 13.1 Å². The molecule has 4 aromatic rings. The van der Waals surface area contributed by atoms with Gasteiger partial charge in [-0.3, -0.25) is 29.0 Å². The molecule has 40 heavy (non-hydrogen) atoms. The molecule has 0 spiro atoms. The second-order valence-electron chi connectivity index (χ2n) is 8.73. The Labute approximate surface area is 228 Å². The number of hydrogen-bond donors (Lipinski definition) is 5. The van der Waals surface area contributed by atoms with Gasteiger partial charge in [-0.15, -0.1) is 0 Å². The number of benzene rings is 2. The first kappa shape index (κ1) is 28.8. The molecule has 15 heteroatoms. The maximum Gasteiger partial charge on any atom is 0.294 e. The average molecular weight is 573 g/mol. The molecule has 0 saturated carbocycles. The zero-order valence-electron chi connectivity index (χ0n) is 21.4. The monoisotopic (exact) mass is 572 g/mol. The molecule has 0 radical (unpaired) electrons. The van der Waals surface area contributed by atoms with Gasteiger partial charge >= 0.3 is 0 Å². The number of carbonyl (C=O) groups excluding carboxylic acids is 1. The van der Waals surface area contributed by atoms with E-state index in [2.05, 4.69) is 25.6 Å². The fourth-order valence-electron chi connectivity index (χ4n) is 3.70. The molecule has 5 N–H and O–H groups in total. The number of ether oxygens (including phenoxy) is 2. The Bertz CT molecular complexity index is 1610. The maximum atomic E-state index is 12.3. The van der Waals surface area contributed by atoms with Gasteiger partial charge in [-0.25, -0.2) is 4.98 Å². The number of para-hydroxylation sites is 1. The Morgan fingerprint density at radius 3 is 2.58 bits per heavy atom. The van der Waals surface area contributed by atoms with Gasteiger partial charge in [0.05, 0.1) is 23.9 Å². The summed E-state index contributed by atoms with van der Waals surface area (Å²) in [4.78, 5) is 35.3. The van der Waals surface area contributed by atoms with Gasteiger partial charge in [0.15, 0.2) is 17.8 Å². The second-order valence-corrected chi connectivity index (χ2v) is 10.2. The summed E-state index contributed by atoms with van der Waals surface area (Å²) in [6.45, 7) is 2.46. The third-order valence-corrected chi connectivity index (χ3v) is 6.54. The van der Waals surface area contributed by atoms with Crippen molar-refractivity contribution in [2.75, 3.05) is 31.6 Å². The summed E-state index contributed by atoms with van der Waals surface area (Å²) in [6.07, 6.45) is 0.580. The number of imidazole rings is 1. The average Bonchev–Trinajstić information content (AvgIpc) is 3.37. The molecule has 1 aliphatic heterocycles. The van der Waals surface area contributed by atoms with Gasteiger partial charge in [0.2, 0.25) is 5.95 Å². The molecule has 1 saturated heterocycles. The molecule has 2 aromatic carbocycles. The lowest BCUT2D eigenvalue weighted by Gasteiger charge is -2.30. The highest BCUT2D eigenvalue weighted by atomic mass is 32.2. The Morgan fingerprint density at radius 1 is 1.18 bits per heavy atom. The van der Waals surface area contributed by atoms with Crippen molar-refractivity contribution < 1.29 is 32.3 Å². The van der Waals surface area contributed by atoms with Gasteiger partial charge in [0.25, 0.3) is 21.6 Å². The number of nitrogens with zero attached hydrogens (tertiary/aromatic N) is 3. The molecule has 1 amide bonds. The zero-order valence-corrected chi connectivity index (χ0v) is 22.2. The van der Waals surface area contributed by atoms with Crippen LogP contribution in [0.2, 0.25) is 0 Å². The number of nitrogens with one attached hydrogen (secondary N) is 3. The molecule has 2 aromatic heterocycles. The Balaban J connectivity index is 0.000000283. The highest BCUT2D eigenvalue weighted by Crippen LogP contribution is 2.19. The van der Waals surface area contributed by atoms with E-state index in [1.165, 1.54) is 18.5 Å². The molecule has 2 atom stereocenters. The third kappa shape index (κ3) is 7.49. The number of aliphatic hydroxyl groups is 1. The first-order valence-corrected chi connectivity index (χ1v) is 13.5. The maximum absolute atomic E-state index is 12.3. The van der Waals surface area contributed by atoms with Gasteiger partial charge in [-0.05, 0) is 31.2 Å². The summed E-state index contributed by atoms with van der Waals surface area (Å²) in [5.41, 5.74) is 0.851. The van der Waals surface area contributed by atoms with Crippen LogP contribution in [0.1, 0.15) is 11.8 Å². The highest BCUT2D eigenvalue weighted by molar-refractivity contribution is 7.85. The van der Waals surface area contributed by atoms with Crippen molar-refractivity contribution in [1.82, 2.24) is 24.8 Å². The molecule has 14 nitrogen and oxygen atoms in total. The molecule has 5 rings (SSSR count). The van der Waals surface area contributed by atoms with Gasteiger partial charge in [-0.1, -0.05) is 35.9 Å². The van der Waals surface area contributed by atoms with Crippen molar-refractivity contribution in [3.8, 4) is 5.75 Å². The van der Waals surface area contributed by atoms with E-state index in [-0.39, 0.29) is 41.3 Å². The second kappa shape index (κ2) is 12.8. The number of amides is 1. The lowest BCUT2D eigenvalue weighted by Crippen LogP contribution is -2.44. The molecular weight excluding hydrogens is 544 g/mol. The fourth-order valence-corrected chi connectivity index (χ4v) is 4.18. The van der Waals surface area contributed by atoms with Crippen molar-refractivity contribution >= 4 is 33.1 Å². The number of morpholine rings is 1. The molecule has 1 fully saturated rings. The fraction of sp³-hybridized carbons (Fsp3) is 0.280. The number of hydrogen-bond acceptors (Lipinski definition) is 10. The van der Waals surface area contributed by atoms with Crippen LogP contribution in [-0.2, 0) is 19.6 Å². The molecule has 0 unspecified atom stereocenters. The molecule has 1 aliphatic rings. The van der Waals surface area contributed by atoms with Gasteiger partial charge < -0.3 is 19.9 Å². The van der Waals surface area contributed by atoms with E-state index in [0.29, 0.717) is 18.8 Å². The Morgan fingerprint density at radius 2 is 1.90 bits per heavy atom. The van der Waals surface area contributed by atoms with Crippen LogP contribution in [0.15, 0.2) is 70.6 Å². The number of rotatable bonds is 7. The molecule has 0 bridgehead atoms. The number of carbonyl (C=O) groups is 1. The minimum atomic E-state index is -4.02. The molecule has 0 aliphatic carbocycles. The van der Waals surface area contributed by atoms with E-state index in [0.717, 1.165) is 5.56 Å². The Kier molecular flexibility index (Phi) is 9.23. The van der Waals surface area contributed by atoms with E-state index in [1.54, 1.807) is 41.0 Å². The summed E-state index contributed by atoms with van der Waals surface area (Å²) in [5.74, 6) is 0.0600. The summed E-state index contributed by atoms with van der Waals surface area (Å²) < 4.78 is 42.3. The molecule has 212 valence electrons. The number of anilines is 1. The topological polar surface area (TPSA) is 198 Å². The van der Waals surface area contributed by atoms with E-state index in [9.17, 15) is 23.1 Å². The van der Waals surface area contributed by atoms with Crippen LogP contribution in [0.5, 0.6) is 5.75 Å².